The minimum absolute atomic E-state index is 0.00765. The lowest BCUT2D eigenvalue weighted by atomic mass is 9.94. The number of carbonyl (C=O) groups excluding carboxylic acids is 2. The number of aromatic nitrogens is 1. The number of aliphatic hydroxyl groups is 1. The first-order valence-corrected chi connectivity index (χ1v) is 12.0. The predicted molar refractivity (Wildman–Crippen MR) is 124 cm³/mol. The number of hydrogen-bond acceptors (Lipinski definition) is 6. The van der Waals surface area contributed by atoms with E-state index in [2.05, 4.69) is 22.4 Å². The maximum atomic E-state index is 13.2. The van der Waals surface area contributed by atoms with Gasteiger partial charge < -0.3 is 24.8 Å². The Morgan fingerprint density at radius 3 is 2.62 bits per heavy atom. The molecule has 4 atom stereocenters. The zero-order valence-corrected chi connectivity index (χ0v) is 19.1. The largest absolute Gasteiger partial charge is 0.389 e. The van der Waals surface area contributed by atoms with Gasteiger partial charge in [-0.15, -0.1) is 0 Å². The highest BCUT2D eigenvalue weighted by Crippen LogP contribution is 2.29. The number of benzene rings is 1. The average Bonchev–Trinajstić information content (AvgIpc) is 3.24. The van der Waals surface area contributed by atoms with Crippen LogP contribution in [0.3, 0.4) is 0 Å². The number of nitrogens with one attached hydrogen (secondary N) is 1. The van der Waals surface area contributed by atoms with Crippen molar-refractivity contribution < 1.29 is 24.2 Å². The van der Waals surface area contributed by atoms with Gasteiger partial charge in [0.05, 0.1) is 43.4 Å². The molecule has 2 fully saturated rings. The molecule has 2 amide bonds. The summed E-state index contributed by atoms with van der Waals surface area (Å²) in [5, 5.41) is 13.5. The van der Waals surface area contributed by atoms with Gasteiger partial charge in [0.15, 0.2) is 0 Å². The number of hydrogen-bond donors (Lipinski definition) is 2. The molecule has 180 valence electrons. The molecule has 0 saturated carbocycles. The molecular weight excluding hydrogens is 434 g/mol. The van der Waals surface area contributed by atoms with Crippen LogP contribution in [0, 0.1) is 0 Å². The molecule has 2 saturated heterocycles. The summed E-state index contributed by atoms with van der Waals surface area (Å²) < 4.78 is 12.0. The molecule has 8 heteroatoms. The molecule has 0 unspecified atom stereocenters. The zero-order chi connectivity index (χ0) is 23.5. The smallest absolute Gasteiger partial charge is 0.255 e. The van der Waals surface area contributed by atoms with Crippen molar-refractivity contribution in [1.82, 2.24) is 15.2 Å². The summed E-state index contributed by atoms with van der Waals surface area (Å²) in [6.45, 7) is 0.580. The first kappa shape index (κ1) is 23.0. The van der Waals surface area contributed by atoms with E-state index in [1.807, 2.05) is 12.1 Å². The summed E-state index contributed by atoms with van der Waals surface area (Å²) >= 11 is 0. The van der Waals surface area contributed by atoms with Crippen LogP contribution in [0.25, 0.3) is 0 Å². The molecule has 1 aliphatic carbocycles. The quantitative estimate of drug-likeness (QED) is 0.710. The first-order chi connectivity index (χ1) is 16.6. The van der Waals surface area contributed by atoms with E-state index in [1.165, 1.54) is 17.3 Å². The Kier molecular flexibility index (Phi) is 6.89. The Balaban J connectivity index is 1.20. The van der Waals surface area contributed by atoms with Crippen LogP contribution < -0.4 is 5.32 Å². The fourth-order valence-corrected chi connectivity index (χ4v) is 5.38. The topological polar surface area (TPSA) is 101 Å². The molecule has 1 aromatic carbocycles. The van der Waals surface area contributed by atoms with Gasteiger partial charge in [0.1, 0.15) is 6.10 Å². The lowest BCUT2D eigenvalue weighted by Gasteiger charge is -2.44. The van der Waals surface area contributed by atoms with Crippen molar-refractivity contribution >= 4 is 11.8 Å². The SMILES string of the molecule is O=C(C[C@@H]1CC[C@@H]2[C@H](COC[C@H](O)CN2C(=O)c2cccnc2)O1)NC1Cc2ccccc2C1. The van der Waals surface area contributed by atoms with Gasteiger partial charge in [-0.2, -0.15) is 0 Å². The number of ether oxygens (including phenoxy) is 2. The van der Waals surface area contributed by atoms with Crippen LogP contribution >= 0.6 is 0 Å². The summed E-state index contributed by atoms with van der Waals surface area (Å²) in [6.07, 6.45) is 5.17. The number of pyridine rings is 1. The van der Waals surface area contributed by atoms with Crippen molar-refractivity contribution in [1.29, 1.82) is 0 Å². The third-order valence-electron chi connectivity index (χ3n) is 6.98. The molecule has 8 nitrogen and oxygen atoms in total. The molecule has 2 N–H and O–H groups in total. The van der Waals surface area contributed by atoms with Crippen molar-refractivity contribution in [2.75, 3.05) is 19.8 Å². The van der Waals surface area contributed by atoms with E-state index in [4.69, 9.17) is 9.47 Å². The van der Waals surface area contributed by atoms with E-state index < -0.39 is 6.10 Å². The predicted octanol–water partition coefficient (Wildman–Crippen LogP) is 1.50. The molecule has 0 spiro atoms. The second kappa shape index (κ2) is 10.2. The van der Waals surface area contributed by atoms with E-state index in [0.29, 0.717) is 18.4 Å². The monoisotopic (exact) mass is 465 g/mol. The van der Waals surface area contributed by atoms with Gasteiger partial charge in [-0.3, -0.25) is 14.6 Å². The maximum absolute atomic E-state index is 13.2. The molecular formula is C26H31N3O5. The van der Waals surface area contributed by atoms with E-state index >= 15 is 0 Å². The number of rotatable bonds is 4. The van der Waals surface area contributed by atoms with Crippen molar-refractivity contribution in [2.45, 2.75) is 62.5 Å². The highest BCUT2D eigenvalue weighted by Gasteiger charge is 2.40. The highest BCUT2D eigenvalue weighted by atomic mass is 16.5. The Labute approximate surface area is 199 Å². The van der Waals surface area contributed by atoms with E-state index in [9.17, 15) is 14.7 Å². The molecule has 0 radical (unpaired) electrons. The Hall–Kier alpha value is -2.81. The van der Waals surface area contributed by atoms with Crippen LogP contribution in [-0.4, -0.2) is 77.0 Å². The van der Waals surface area contributed by atoms with E-state index in [0.717, 1.165) is 12.8 Å². The van der Waals surface area contributed by atoms with Gasteiger partial charge in [-0.25, -0.2) is 0 Å². The van der Waals surface area contributed by atoms with Crippen LogP contribution in [0.15, 0.2) is 48.8 Å². The number of fused-ring (bicyclic) bond motifs is 2. The summed E-state index contributed by atoms with van der Waals surface area (Å²) in [4.78, 5) is 31.8. The standard InChI is InChI=1S/C26H31N3O5/c30-21-14-29(26(32)19-6-3-9-27-13-19)23-8-7-22(34-24(23)16-33-15-21)12-25(31)28-20-10-17-4-1-2-5-18(17)11-20/h1-6,9,13,20-24,30H,7-8,10-12,14-16H2,(H,28,31)/t21-,22+,23-,24+/m1/s1. The van der Waals surface area contributed by atoms with Gasteiger partial charge in [-0.05, 0) is 48.9 Å². The number of aliphatic hydroxyl groups excluding tert-OH is 1. The summed E-state index contributed by atoms with van der Waals surface area (Å²) in [6, 6.07) is 11.7. The molecule has 2 aliphatic heterocycles. The lowest BCUT2D eigenvalue weighted by Crippen LogP contribution is -2.57. The fraction of sp³-hybridized carbons (Fsp3) is 0.500. The number of carbonyl (C=O) groups is 2. The normalized spacial score (nSPS) is 27.3. The third-order valence-corrected chi connectivity index (χ3v) is 6.98. The van der Waals surface area contributed by atoms with Gasteiger partial charge in [0.25, 0.3) is 5.91 Å². The van der Waals surface area contributed by atoms with Gasteiger partial charge in [0, 0.05) is 25.0 Å². The minimum atomic E-state index is -0.763. The van der Waals surface area contributed by atoms with E-state index in [1.54, 1.807) is 23.2 Å². The minimum Gasteiger partial charge on any atom is -0.389 e. The molecule has 3 heterocycles. The average molecular weight is 466 g/mol. The molecule has 3 aliphatic rings. The second-order valence-electron chi connectivity index (χ2n) is 9.48. The van der Waals surface area contributed by atoms with Crippen LogP contribution in [0.2, 0.25) is 0 Å². The third kappa shape index (κ3) is 5.14. The zero-order valence-electron chi connectivity index (χ0n) is 19.1. The van der Waals surface area contributed by atoms with Crippen LogP contribution in [-0.2, 0) is 27.1 Å². The van der Waals surface area contributed by atoms with Gasteiger partial charge in [0.2, 0.25) is 5.91 Å². The van der Waals surface area contributed by atoms with Crippen molar-refractivity contribution in [2.24, 2.45) is 0 Å². The number of nitrogens with zero attached hydrogens (tertiary/aromatic N) is 2. The first-order valence-electron chi connectivity index (χ1n) is 12.0. The Morgan fingerprint density at radius 2 is 1.88 bits per heavy atom. The second-order valence-corrected chi connectivity index (χ2v) is 9.48. The fourth-order valence-electron chi connectivity index (χ4n) is 5.38. The highest BCUT2D eigenvalue weighted by molar-refractivity contribution is 5.94. The Bertz CT molecular complexity index is 992. The van der Waals surface area contributed by atoms with Crippen molar-refractivity contribution in [3.63, 3.8) is 0 Å². The maximum Gasteiger partial charge on any atom is 0.255 e. The Morgan fingerprint density at radius 1 is 1.09 bits per heavy atom. The molecule has 5 rings (SSSR count). The van der Waals surface area contributed by atoms with Crippen LogP contribution in [0.4, 0.5) is 0 Å². The molecule has 2 aromatic rings. The summed E-state index contributed by atoms with van der Waals surface area (Å²) in [5.74, 6) is -0.184. The van der Waals surface area contributed by atoms with Crippen LogP contribution in [0.5, 0.6) is 0 Å². The van der Waals surface area contributed by atoms with Crippen molar-refractivity contribution in [3.05, 3.63) is 65.5 Å². The van der Waals surface area contributed by atoms with Gasteiger partial charge >= 0.3 is 0 Å². The molecule has 34 heavy (non-hydrogen) atoms. The van der Waals surface area contributed by atoms with Crippen LogP contribution in [0.1, 0.15) is 40.7 Å². The van der Waals surface area contributed by atoms with E-state index in [-0.39, 0.29) is 62.3 Å². The molecule has 0 bridgehead atoms. The molecule has 1 aromatic heterocycles. The summed E-state index contributed by atoms with van der Waals surface area (Å²) in [5.41, 5.74) is 3.09. The lowest BCUT2D eigenvalue weighted by molar-refractivity contribution is -0.151. The number of amides is 2. The summed E-state index contributed by atoms with van der Waals surface area (Å²) in [7, 11) is 0. The van der Waals surface area contributed by atoms with Crippen molar-refractivity contribution in [3.8, 4) is 0 Å². The van der Waals surface area contributed by atoms with Gasteiger partial charge in [-0.1, -0.05) is 24.3 Å². The number of β-amino-alcohol motifs (C(OH)–C–C–N with tert-alkyl or cyclic N) is 1.